The second kappa shape index (κ2) is 3.46. The second-order valence-electron chi connectivity index (χ2n) is 2.92. The molecule has 2 unspecified atom stereocenters. The molecule has 0 aliphatic carbocycles. The summed E-state index contributed by atoms with van der Waals surface area (Å²) >= 11 is 0. The van der Waals surface area contributed by atoms with Crippen molar-refractivity contribution in [2.75, 3.05) is 6.61 Å². The van der Waals surface area contributed by atoms with E-state index in [4.69, 9.17) is 30.6 Å². The molecule has 0 aromatic rings. The van der Waals surface area contributed by atoms with Gasteiger partial charge in [-0.1, -0.05) is 0 Å². The van der Waals surface area contributed by atoms with Crippen molar-refractivity contribution >= 4 is 0 Å². The summed E-state index contributed by atoms with van der Waals surface area (Å²) in [5, 5.41) is 53.6. The molecule has 1 fully saturated rings. The van der Waals surface area contributed by atoms with Crippen molar-refractivity contribution in [3.05, 3.63) is 0 Å². The minimum atomic E-state index is -2.95. The molecule has 78 valence electrons. The molecule has 0 spiro atoms. The second-order valence-corrected chi connectivity index (χ2v) is 2.92. The van der Waals surface area contributed by atoms with Crippen molar-refractivity contribution in [3.8, 4) is 0 Å². The highest BCUT2D eigenvalue weighted by atomic mass is 16.8. The van der Waals surface area contributed by atoms with E-state index >= 15 is 0 Å². The Balaban J connectivity index is 2.79. The third-order valence-electron chi connectivity index (χ3n) is 1.94. The van der Waals surface area contributed by atoms with Gasteiger partial charge in [-0.3, -0.25) is 0 Å². The fourth-order valence-electron chi connectivity index (χ4n) is 1.14. The van der Waals surface area contributed by atoms with Gasteiger partial charge in [0.25, 0.3) is 0 Å². The minimum absolute atomic E-state index is 0.701. The lowest BCUT2D eigenvalue weighted by atomic mass is 9.98. The maximum Gasteiger partial charge on any atom is 0.308 e. The smallest absolute Gasteiger partial charge is 0.308 e. The molecule has 7 heteroatoms. The molecule has 7 nitrogen and oxygen atoms in total. The first kappa shape index (κ1) is 10.8. The summed E-state index contributed by atoms with van der Waals surface area (Å²) in [6, 6.07) is 0. The third kappa shape index (κ3) is 1.81. The van der Waals surface area contributed by atoms with Gasteiger partial charge in [0.05, 0.1) is 6.61 Å². The van der Waals surface area contributed by atoms with E-state index in [0.29, 0.717) is 0 Å². The predicted molar refractivity (Wildman–Crippen MR) is 37.1 cm³/mol. The molecule has 0 saturated carbocycles. The lowest BCUT2D eigenvalue weighted by molar-refractivity contribution is -0.435. The van der Waals surface area contributed by atoms with E-state index in [2.05, 4.69) is 4.74 Å². The van der Waals surface area contributed by atoms with Crippen molar-refractivity contribution < 1.29 is 35.4 Å². The van der Waals surface area contributed by atoms with Gasteiger partial charge in [-0.15, -0.1) is 0 Å². The van der Waals surface area contributed by atoms with E-state index in [9.17, 15) is 0 Å². The number of hydrogen-bond donors (Lipinski definition) is 6. The van der Waals surface area contributed by atoms with E-state index < -0.39 is 37.0 Å². The van der Waals surface area contributed by atoms with Gasteiger partial charge >= 0.3 is 5.97 Å². The van der Waals surface area contributed by atoms with Crippen molar-refractivity contribution in [2.24, 2.45) is 0 Å². The SMILES string of the molecule is OCC1OC(O)(O)C(O)[C@H](O)[C@@H]1O. The highest BCUT2D eigenvalue weighted by Crippen LogP contribution is 2.25. The Morgan fingerprint density at radius 1 is 1.08 bits per heavy atom. The summed E-state index contributed by atoms with van der Waals surface area (Å²) in [7, 11) is 0. The molecule has 0 bridgehead atoms. The zero-order valence-corrected chi connectivity index (χ0v) is 6.61. The van der Waals surface area contributed by atoms with Gasteiger partial charge in [0.15, 0.2) is 6.10 Å². The third-order valence-corrected chi connectivity index (χ3v) is 1.94. The summed E-state index contributed by atoms with van der Waals surface area (Å²) in [5.74, 6) is -2.95. The van der Waals surface area contributed by atoms with Gasteiger partial charge in [-0.05, 0) is 0 Å². The highest BCUT2D eigenvalue weighted by Gasteiger charge is 2.51. The van der Waals surface area contributed by atoms with Crippen LogP contribution in [0.4, 0.5) is 0 Å². The van der Waals surface area contributed by atoms with Gasteiger partial charge in [0, 0.05) is 0 Å². The van der Waals surface area contributed by atoms with E-state index in [1.165, 1.54) is 0 Å². The Kier molecular flexibility index (Phi) is 2.88. The largest absolute Gasteiger partial charge is 0.394 e. The average Bonchev–Trinajstić information content (AvgIpc) is 2.08. The van der Waals surface area contributed by atoms with Gasteiger partial charge in [0.1, 0.15) is 18.3 Å². The molecule has 0 aromatic heterocycles. The van der Waals surface area contributed by atoms with Crippen LogP contribution in [-0.2, 0) is 4.74 Å². The van der Waals surface area contributed by atoms with Crippen LogP contribution in [0, 0.1) is 0 Å². The van der Waals surface area contributed by atoms with Crippen LogP contribution in [0.15, 0.2) is 0 Å². The summed E-state index contributed by atoms with van der Waals surface area (Å²) in [5.41, 5.74) is 0. The predicted octanol–water partition coefficient (Wildman–Crippen LogP) is -3.90. The normalized spacial score (nSPS) is 44.8. The van der Waals surface area contributed by atoms with Crippen LogP contribution in [0.3, 0.4) is 0 Å². The van der Waals surface area contributed by atoms with Crippen LogP contribution < -0.4 is 0 Å². The van der Waals surface area contributed by atoms with E-state index in [-0.39, 0.29) is 0 Å². The van der Waals surface area contributed by atoms with Crippen molar-refractivity contribution in [1.82, 2.24) is 0 Å². The molecule has 4 atom stereocenters. The Morgan fingerprint density at radius 3 is 2.08 bits per heavy atom. The fraction of sp³-hybridized carbons (Fsp3) is 1.00. The van der Waals surface area contributed by atoms with Gasteiger partial charge in [-0.2, -0.15) is 0 Å². The van der Waals surface area contributed by atoms with Gasteiger partial charge < -0.3 is 35.4 Å². The lowest BCUT2D eigenvalue weighted by Gasteiger charge is -2.41. The van der Waals surface area contributed by atoms with E-state index in [0.717, 1.165) is 0 Å². The van der Waals surface area contributed by atoms with Crippen LogP contribution in [-0.4, -0.2) is 67.6 Å². The average molecular weight is 196 g/mol. The van der Waals surface area contributed by atoms with Crippen LogP contribution >= 0.6 is 0 Å². The molecule has 6 N–H and O–H groups in total. The molecule has 1 heterocycles. The monoisotopic (exact) mass is 196 g/mol. The molecule has 0 amide bonds. The number of aliphatic hydroxyl groups excluding tert-OH is 4. The maximum absolute atomic E-state index is 9.12. The Hall–Kier alpha value is -0.280. The van der Waals surface area contributed by atoms with Crippen LogP contribution in [0.1, 0.15) is 0 Å². The molecule has 1 aliphatic rings. The first-order valence-corrected chi connectivity index (χ1v) is 3.67. The van der Waals surface area contributed by atoms with Crippen LogP contribution in [0.2, 0.25) is 0 Å². The van der Waals surface area contributed by atoms with Crippen molar-refractivity contribution in [3.63, 3.8) is 0 Å². The zero-order valence-electron chi connectivity index (χ0n) is 6.61. The maximum atomic E-state index is 9.12. The molecule has 0 aromatic carbocycles. The highest BCUT2D eigenvalue weighted by molar-refractivity contribution is 4.90. The number of aliphatic hydroxyl groups is 6. The number of ether oxygens (including phenoxy) is 1. The Labute approximate surface area is 73.4 Å². The zero-order chi connectivity index (χ0) is 10.2. The number of rotatable bonds is 1. The molecule has 1 saturated heterocycles. The summed E-state index contributed by atoms with van der Waals surface area (Å²) in [6.45, 7) is -0.701. The topological polar surface area (TPSA) is 131 Å². The number of hydrogen-bond acceptors (Lipinski definition) is 7. The van der Waals surface area contributed by atoms with Crippen molar-refractivity contribution in [1.29, 1.82) is 0 Å². The standard InChI is InChI=1S/C6H12O7/c7-1-2-3(8)4(9)5(10)6(11,12)13-2/h2-5,7-12H,1H2/t2?,3-,4-,5?/m1/s1. The lowest BCUT2D eigenvalue weighted by Crippen LogP contribution is -2.65. The summed E-state index contributed by atoms with van der Waals surface area (Å²) in [6.07, 6.45) is -6.72. The molecule has 13 heavy (non-hydrogen) atoms. The van der Waals surface area contributed by atoms with Crippen LogP contribution in [0.5, 0.6) is 0 Å². The first-order valence-electron chi connectivity index (χ1n) is 3.67. The van der Waals surface area contributed by atoms with E-state index in [1.807, 2.05) is 0 Å². The first-order chi connectivity index (χ1) is 5.90. The summed E-state index contributed by atoms with van der Waals surface area (Å²) in [4.78, 5) is 0. The fourth-order valence-corrected chi connectivity index (χ4v) is 1.14. The van der Waals surface area contributed by atoms with E-state index in [1.54, 1.807) is 0 Å². The van der Waals surface area contributed by atoms with Gasteiger partial charge in [-0.25, -0.2) is 0 Å². The molecular formula is C6H12O7. The Morgan fingerprint density at radius 2 is 1.62 bits per heavy atom. The molecular weight excluding hydrogens is 184 g/mol. The quantitative estimate of drug-likeness (QED) is 0.236. The van der Waals surface area contributed by atoms with Crippen LogP contribution in [0.25, 0.3) is 0 Å². The Bertz CT molecular complexity index is 180. The minimum Gasteiger partial charge on any atom is -0.394 e. The summed E-state index contributed by atoms with van der Waals surface area (Å²) < 4.78 is 4.32. The molecule has 1 rings (SSSR count). The van der Waals surface area contributed by atoms with Gasteiger partial charge in [0.2, 0.25) is 0 Å². The van der Waals surface area contributed by atoms with Crippen molar-refractivity contribution in [2.45, 2.75) is 30.4 Å². The molecule has 1 aliphatic heterocycles. The molecule has 0 radical (unpaired) electrons.